The van der Waals surface area contributed by atoms with Crippen LogP contribution in [0.1, 0.15) is 12.0 Å². The number of amides is 2. The van der Waals surface area contributed by atoms with Gasteiger partial charge in [-0.05, 0) is 44.8 Å². The lowest BCUT2D eigenvalue weighted by Crippen LogP contribution is -2.33. The maximum absolute atomic E-state index is 11.4. The first-order chi connectivity index (χ1) is 9.09. The van der Waals surface area contributed by atoms with Gasteiger partial charge in [0, 0.05) is 17.8 Å². The van der Waals surface area contributed by atoms with E-state index in [4.69, 9.17) is 11.6 Å². The normalized spacial score (nSPS) is 10.9. The summed E-state index contributed by atoms with van der Waals surface area (Å²) in [4.78, 5) is 13.5. The summed E-state index contributed by atoms with van der Waals surface area (Å²) in [5.41, 5.74) is 0.872. The maximum atomic E-state index is 11.4. The van der Waals surface area contributed by atoms with E-state index >= 15 is 0 Å². The van der Waals surface area contributed by atoms with Crippen LogP contribution in [0.25, 0.3) is 6.08 Å². The zero-order chi connectivity index (χ0) is 14.1. The Morgan fingerprint density at radius 1 is 1.37 bits per heavy atom. The van der Waals surface area contributed by atoms with Gasteiger partial charge in [0.15, 0.2) is 0 Å². The van der Waals surface area contributed by atoms with Crippen LogP contribution in [0.15, 0.2) is 30.5 Å². The first-order valence-corrected chi connectivity index (χ1v) is 6.57. The highest BCUT2D eigenvalue weighted by Gasteiger charge is 1.97. The third-order valence-corrected chi connectivity index (χ3v) is 2.79. The zero-order valence-electron chi connectivity index (χ0n) is 11.3. The predicted molar refractivity (Wildman–Crippen MR) is 80.2 cm³/mol. The molecule has 2 N–H and O–H groups in total. The molecule has 4 nitrogen and oxygen atoms in total. The molecule has 0 aromatic heterocycles. The number of halogens is 1. The zero-order valence-corrected chi connectivity index (χ0v) is 12.1. The lowest BCUT2D eigenvalue weighted by Gasteiger charge is -2.09. The Labute approximate surface area is 119 Å². The molecule has 1 rings (SSSR count). The van der Waals surface area contributed by atoms with Gasteiger partial charge in [-0.3, -0.25) is 0 Å². The van der Waals surface area contributed by atoms with E-state index < -0.39 is 0 Å². The van der Waals surface area contributed by atoms with Crippen molar-refractivity contribution in [2.45, 2.75) is 6.42 Å². The maximum Gasteiger partial charge on any atom is 0.318 e. The molecule has 0 spiro atoms. The molecule has 0 aliphatic heterocycles. The summed E-state index contributed by atoms with van der Waals surface area (Å²) >= 11 is 5.99. The smallest absolute Gasteiger partial charge is 0.318 e. The van der Waals surface area contributed by atoms with E-state index in [1.54, 1.807) is 12.3 Å². The van der Waals surface area contributed by atoms with Crippen molar-refractivity contribution in [3.8, 4) is 0 Å². The van der Waals surface area contributed by atoms with Crippen LogP contribution in [0, 0.1) is 0 Å². The fraction of sp³-hybridized carbons (Fsp3) is 0.357. The molecule has 2 amide bonds. The van der Waals surface area contributed by atoms with E-state index in [0.29, 0.717) is 11.6 Å². The Bertz CT molecular complexity index is 432. The molecule has 104 valence electrons. The molecule has 0 bridgehead atoms. The molecular formula is C14H20ClN3O. The van der Waals surface area contributed by atoms with Crippen molar-refractivity contribution in [2.24, 2.45) is 0 Å². The number of nitrogens with zero attached hydrogens (tertiary/aromatic N) is 1. The van der Waals surface area contributed by atoms with Gasteiger partial charge < -0.3 is 15.5 Å². The third kappa shape index (κ3) is 6.84. The van der Waals surface area contributed by atoms with Gasteiger partial charge in [-0.2, -0.15) is 0 Å². The number of carbonyl (C=O) groups is 1. The SMILES string of the molecule is CN(C)CCCNC(=O)N/C=C/c1ccccc1Cl. The Morgan fingerprint density at radius 3 is 2.79 bits per heavy atom. The van der Waals surface area contributed by atoms with Gasteiger partial charge in [0.2, 0.25) is 0 Å². The first-order valence-electron chi connectivity index (χ1n) is 6.20. The minimum Gasteiger partial charge on any atom is -0.338 e. The van der Waals surface area contributed by atoms with Gasteiger partial charge >= 0.3 is 6.03 Å². The molecule has 0 unspecified atom stereocenters. The largest absolute Gasteiger partial charge is 0.338 e. The number of hydrogen-bond acceptors (Lipinski definition) is 2. The molecule has 0 aliphatic rings. The molecule has 5 heteroatoms. The number of nitrogens with one attached hydrogen (secondary N) is 2. The Kier molecular flexibility index (Phi) is 7.00. The molecule has 0 aliphatic carbocycles. The van der Waals surface area contributed by atoms with Crippen LogP contribution < -0.4 is 10.6 Å². The second kappa shape index (κ2) is 8.56. The van der Waals surface area contributed by atoms with E-state index in [-0.39, 0.29) is 6.03 Å². The van der Waals surface area contributed by atoms with E-state index in [2.05, 4.69) is 15.5 Å². The van der Waals surface area contributed by atoms with Crippen molar-refractivity contribution >= 4 is 23.7 Å². The van der Waals surface area contributed by atoms with Crippen LogP contribution >= 0.6 is 11.6 Å². The van der Waals surface area contributed by atoms with Crippen molar-refractivity contribution in [2.75, 3.05) is 27.2 Å². The molecule has 19 heavy (non-hydrogen) atoms. The van der Waals surface area contributed by atoms with E-state index in [1.807, 2.05) is 38.4 Å². The average molecular weight is 282 g/mol. The number of urea groups is 1. The van der Waals surface area contributed by atoms with Crippen LogP contribution in [0.4, 0.5) is 4.79 Å². The first kappa shape index (κ1) is 15.5. The van der Waals surface area contributed by atoms with Crippen LogP contribution in [0.2, 0.25) is 5.02 Å². The number of benzene rings is 1. The van der Waals surface area contributed by atoms with Crippen molar-refractivity contribution < 1.29 is 4.79 Å². The molecule has 0 atom stereocenters. The minimum absolute atomic E-state index is 0.206. The van der Waals surface area contributed by atoms with Gasteiger partial charge in [-0.1, -0.05) is 29.8 Å². The summed E-state index contributed by atoms with van der Waals surface area (Å²) < 4.78 is 0. The van der Waals surface area contributed by atoms with Crippen molar-refractivity contribution in [3.63, 3.8) is 0 Å². The molecule has 0 saturated carbocycles. The topological polar surface area (TPSA) is 44.4 Å². The van der Waals surface area contributed by atoms with Crippen LogP contribution in [-0.2, 0) is 0 Å². The summed E-state index contributed by atoms with van der Waals surface area (Å²) in [5.74, 6) is 0. The lowest BCUT2D eigenvalue weighted by molar-refractivity contribution is 0.243. The second-order valence-corrected chi connectivity index (χ2v) is 4.82. The third-order valence-electron chi connectivity index (χ3n) is 2.45. The number of rotatable bonds is 6. The van der Waals surface area contributed by atoms with Gasteiger partial charge in [-0.15, -0.1) is 0 Å². The van der Waals surface area contributed by atoms with Gasteiger partial charge in [0.05, 0.1) is 0 Å². The predicted octanol–water partition coefficient (Wildman–Crippen LogP) is 2.56. The van der Waals surface area contributed by atoms with Crippen LogP contribution in [0.3, 0.4) is 0 Å². The van der Waals surface area contributed by atoms with Gasteiger partial charge in [-0.25, -0.2) is 4.79 Å². The molecule has 1 aromatic rings. The van der Waals surface area contributed by atoms with Gasteiger partial charge in [0.1, 0.15) is 0 Å². The summed E-state index contributed by atoms with van der Waals surface area (Å²) in [6.45, 7) is 1.61. The van der Waals surface area contributed by atoms with E-state index in [1.165, 1.54) is 0 Å². The molecule has 0 saturated heterocycles. The lowest BCUT2D eigenvalue weighted by atomic mass is 10.2. The minimum atomic E-state index is -0.206. The highest BCUT2D eigenvalue weighted by atomic mass is 35.5. The summed E-state index contributed by atoms with van der Waals surface area (Å²) in [5, 5.41) is 6.08. The molecule has 0 heterocycles. The fourth-order valence-electron chi connectivity index (χ4n) is 1.47. The van der Waals surface area contributed by atoms with Crippen molar-refractivity contribution in [3.05, 3.63) is 41.1 Å². The summed E-state index contributed by atoms with van der Waals surface area (Å²) in [6, 6.07) is 7.25. The molecule has 0 radical (unpaired) electrons. The van der Waals surface area contributed by atoms with Crippen LogP contribution in [0.5, 0.6) is 0 Å². The average Bonchev–Trinajstić information content (AvgIpc) is 2.37. The summed E-state index contributed by atoms with van der Waals surface area (Å²) in [7, 11) is 4.01. The molecular weight excluding hydrogens is 262 g/mol. The molecule has 0 fully saturated rings. The fourth-order valence-corrected chi connectivity index (χ4v) is 1.66. The highest BCUT2D eigenvalue weighted by molar-refractivity contribution is 6.32. The standard InChI is InChI=1S/C14H20ClN3O/c1-18(2)11-5-9-16-14(19)17-10-8-12-6-3-4-7-13(12)15/h3-4,6-8,10H,5,9,11H2,1-2H3,(H2,16,17,19)/b10-8+. The number of carbonyl (C=O) groups excluding carboxylic acids is 1. The Balaban J connectivity index is 2.25. The molecule has 1 aromatic carbocycles. The Morgan fingerprint density at radius 2 is 2.11 bits per heavy atom. The highest BCUT2D eigenvalue weighted by Crippen LogP contribution is 2.15. The van der Waals surface area contributed by atoms with E-state index in [9.17, 15) is 4.79 Å². The summed E-state index contributed by atoms with van der Waals surface area (Å²) in [6.07, 6.45) is 4.28. The second-order valence-electron chi connectivity index (χ2n) is 4.41. The number of hydrogen-bond donors (Lipinski definition) is 2. The monoisotopic (exact) mass is 281 g/mol. The quantitative estimate of drug-likeness (QED) is 0.787. The van der Waals surface area contributed by atoms with E-state index in [0.717, 1.165) is 18.5 Å². The van der Waals surface area contributed by atoms with Crippen LogP contribution in [-0.4, -0.2) is 38.1 Å². The Hall–Kier alpha value is -1.52. The van der Waals surface area contributed by atoms with Crippen molar-refractivity contribution in [1.82, 2.24) is 15.5 Å². The van der Waals surface area contributed by atoms with Crippen molar-refractivity contribution in [1.29, 1.82) is 0 Å². The van der Waals surface area contributed by atoms with Gasteiger partial charge in [0.25, 0.3) is 0 Å².